The fourth-order valence-corrected chi connectivity index (χ4v) is 0. The minimum absolute atomic E-state index is 0. The third-order valence-electron chi connectivity index (χ3n) is 0. The van der Waals surface area contributed by atoms with Crippen LogP contribution in [-0.4, -0.2) is 0 Å². The molecule has 0 fully saturated rings. The van der Waals surface area contributed by atoms with Crippen LogP contribution in [0.1, 0.15) is 1.43 Å². The van der Waals surface area contributed by atoms with E-state index in [1.165, 1.54) is 0 Å². The average molecular weight is 440 g/mol. The SMILES string of the molecule is [H-].[Ir].[La].[Li+].[Ru]. The van der Waals surface area contributed by atoms with E-state index in [1.807, 2.05) is 0 Å². The van der Waals surface area contributed by atoms with E-state index >= 15 is 0 Å². The van der Waals surface area contributed by atoms with Crippen LogP contribution < -0.4 is 18.9 Å². The van der Waals surface area contributed by atoms with Gasteiger partial charge in [-0.2, -0.15) is 0 Å². The molecule has 0 aromatic heterocycles. The predicted octanol–water partition coefficient (Wildman–Crippen LogP) is -2.89. The van der Waals surface area contributed by atoms with Crippen molar-refractivity contribution in [3.8, 4) is 0 Å². The Kier molecular flexibility index (Phi) is 115. The van der Waals surface area contributed by atoms with E-state index in [4.69, 9.17) is 0 Å². The van der Waals surface area contributed by atoms with Crippen molar-refractivity contribution in [2.45, 2.75) is 0 Å². The van der Waals surface area contributed by atoms with Crippen molar-refractivity contribution in [2.75, 3.05) is 0 Å². The van der Waals surface area contributed by atoms with E-state index in [9.17, 15) is 0 Å². The number of rotatable bonds is 0. The second-order valence-electron chi connectivity index (χ2n) is 0. The molecule has 0 heterocycles. The molecule has 0 bridgehead atoms. The van der Waals surface area contributed by atoms with Crippen LogP contribution in [0.25, 0.3) is 0 Å². The van der Waals surface area contributed by atoms with Crippen molar-refractivity contribution >= 4 is 0 Å². The summed E-state index contributed by atoms with van der Waals surface area (Å²) in [6, 6.07) is 0. The number of hydrogen-bond donors (Lipinski definition) is 0. The predicted molar refractivity (Wildman–Crippen MR) is 1.11 cm³/mol. The van der Waals surface area contributed by atoms with Gasteiger partial charge in [0.05, 0.1) is 0 Å². The van der Waals surface area contributed by atoms with Gasteiger partial charge in [0.2, 0.25) is 0 Å². The van der Waals surface area contributed by atoms with Gasteiger partial charge in [-0.05, 0) is 0 Å². The van der Waals surface area contributed by atoms with E-state index in [0.29, 0.717) is 0 Å². The van der Waals surface area contributed by atoms with Gasteiger partial charge in [0.15, 0.2) is 0 Å². The summed E-state index contributed by atoms with van der Waals surface area (Å²) in [6.45, 7) is 0. The van der Waals surface area contributed by atoms with E-state index in [0.717, 1.165) is 0 Å². The quantitative estimate of drug-likeness (QED) is 0.355. The second-order valence-corrected chi connectivity index (χ2v) is 0. The summed E-state index contributed by atoms with van der Waals surface area (Å²) >= 11 is 0. The van der Waals surface area contributed by atoms with Gasteiger partial charge in [0.1, 0.15) is 0 Å². The number of hydrogen-bond acceptors (Lipinski definition) is 0. The van der Waals surface area contributed by atoms with Crippen LogP contribution in [-0.2, 0) is 39.6 Å². The van der Waals surface area contributed by atoms with Gasteiger partial charge in [0.25, 0.3) is 0 Å². The minimum Gasteiger partial charge on any atom is -1.00 e. The van der Waals surface area contributed by atoms with Crippen LogP contribution in [0.4, 0.5) is 0 Å². The molecule has 0 saturated heterocycles. The van der Waals surface area contributed by atoms with Crippen LogP contribution in [0.3, 0.4) is 0 Å². The first-order valence-electron chi connectivity index (χ1n) is 0. The molecule has 4 heteroatoms. The van der Waals surface area contributed by atoms with Crippen LogP contribution in [0.15, 0.2) is 0 Å². The van der Waals surface area contributed by atoms with Crippen molar-refractivity contribution in [2.24, 2.45) is 0 Å². The zero-order valence-electron chi connectivity index (χ0n) is 3.26. The Hall–Kier alpha value is 3.06. The zero-order valence-corrected chi connectivity index (χ0v) is 10.0. The maximum Gasteiger partial charge on any atom is 1.00 e. The molecular formula is HIrLaLiRu. The maximum atomic E-state index is 0. The van der Waals surface area contributed by atoms with Gasteiger partial charge in [-0.25, -0.2) is 0 Å². The molecule has 0 atom stereocenters. The van der Waals surface area contributed by atoms with E-state index < -0.39 is 0 Å². The Balaban J connectivity index is 0. The Morgan fingerprint density at radius 2 is 1.25 bits per heavy atom. The average Bonchev–Trinajstić information content (AvgIpc) is 0. The summed E-state index contributed by atoms with van der Waals surface area (Å²) in [4.78, 5) is 0. The molecule has 0 rings (SSSR count). The molecule has 4 heavy (non-hydrogen) atoms. The minimum atomic E-state index is 0. The van der Waals surface area contributed by atoms with Crippen LogP contribution in [0, 0.1) is 35.6 Å². The fourth-order valence-electron chi connectivity index (χ4n) is 0. The smallest absolute Gasteiger partial charge is 1.00 e. The molecule has 0 amide bonds. The maximum absolute atomic E-state index is 0. The van der Waals surface area contributed by atoms with Gasteiger partial charge < -0.3 is 1.43 Å². The normalized spacial score (nSPS) is 0. The fraction of sp³-hybridized carbons (Fsp3) is 0. The van der Waals surface area contributed by atoms with Gasteiger partial charge in [-0.15, -0.1) is 0 Å². The second kappa shape index (κ2) is 16.6. The van der Waals surface area contributed by atoms with Crippen molar-refractivity contribution < 1.29 is 95.5 Å². The molecule has 0 aromatic rings. The van der Waals surface area contributed by atoms with Crippen molar-refractivity contribution in [3.05, 3.63) is 0 Å². The third kappa shape index (κ3) is 8.91. The van der Waals surface area contributed by atoms with Gasteiger partial charge in [-0.1, -0.05) is 0 Å². The van der Waals surface area contributed by atoms with Gasteiger partial charge in [0, 0.05) is 75.2 Å². The molecule has 0 unspecified atom stereocenters. The largest absolute Gasteiger partial charge is 1.00 e. The Morgan fingerprint density at radius 3 is 1.25 bits per heavy atom. The molecule has 0 spiro atoms. The first-order chi connectivity index (χ1) is 0. The van der Waals surface area contributed by atoms with Crippen LogP contribution in [0.2, 0.25) is 0 Å². The first kappa shape index (κ1) is 27.7. The van der Waals surface area contributed by atoms with Crippen LogP contribution >= 0.6 is 0 Å². The molecule has 0 aliphatic carbocycles. The molecular weight excluding hydrogens is 439 g/mol. The monoisotopic (exact) mass is 442 g/mol. The van der Waals surface area contributed by atoms with Gasteiger partial charge in [-0.3, -0.25) is 0 Å². The molecule has 0 aliphatic heterocycles. The zero-order chi connectivity index (χ0) is 0. The molecule has 2 radical (unpaired) electrons. The molecule has 0 saturated carbocycles. The Morgan fingerprint density at radius 1 is 1.25 bits per heavy atom. The summed E-state index contributed by atoms with van der Waals surface area (Å²) < 4.78 is 0. The van der Waals surface area contributed by atoms with E-state index in [2.05, 4.69) is 0 Å². The van der Waals surface area contributed by atoms with Crippen molar-refractivity contribution in [3.63, 3.8) is 0 Å². The van der Waals surface area contributed by atoms with Crippen molar-refractivity contribution in [1.82, 2.24) is 0 Å². The molecule has 0 aliphatic rings. The molecule has 22 valence electrons. The standard InChI is InChI=1S/Ir.La.Li.Ru.H/q;;+1;;-1. The molecule has 0 nitrogen and oxygen atoms in total. The topological polar surface area (TPSA) is 0 Å². The third-order valence-corrected chi connectivity index (χ3v) is 0. The summed E-state index contributed by atoms with van der Waals surface area (Å²) in [5.41, 5.74) is 0. The van der Waals surface area contributed by atoms with Crippen molar-refractivity contribution in [1.29, 1.82) is 0 Å². The Labute approximate surface area is 93.6 Å². The van der Waals surface area contributed by atoms with Crippen LogP contribution in [0.5, 0.6) is 0 Å². The summed E-state index contributed by atoms with van der Waals surface area (Å²) in [6.07, 6.45) is 0. The molecule has 0 aromatic carbocycles. The first-order valence-corrected chi connectivity index (χ1v) is 0. The summed E-state index contributed by atoms with van der Waals surface area (Å²) in [7, 11) is 0. The summed E-state index contributed by atoms with van der Waals surface area (Å²) in [5, 5.41) is 0. The van der Waals surface area contributed by atoms with E-state index in [1.54, 1.807) is 0 Å². The van der Waals surface area contributed by atoms with Gasteiger partial charge >= 0.3 is 18.9 Å². The van der Waals surface area contributed by atoms with E-state index in [-0.39, 0.29) is 95.5 Å². The Bertz CT molecular complexity index is 11.6. The molecule has 0 N–H and O–H groups in total. The summed E-state index contributed by atoms with van der Waals surface area (Å²) in [5.74, 6) is 0.